The molecular formula is C49H49Cl3FNO10. The van der Waals surface area contributed by atoms with Crippen LogP contribution in [0.15, 0.2) is 152 Å². The Hall–Kier alpha value is -3.99. The van der Waals surface area contributed by atoms with Gasteiger partial charge in [-0.2, -0.15) is 0 Å². The number of rotatable bonds is 17. The van der Waals surface area contributed by atoms with Crippen molar-refractivity contribution in [2.45, 2.75) is 97.9 Å². The summed E-state index contributed by atoms with van der Waals surface area (Å²) in [4.78, 5) is 13.3. The quantitative estimate of drug-likeness (QED) is 0.0910. The van der Waals surface area contributed by atoms with Gasteiger partial charge in [0.15, 0.2) is 12.6 Å². The molecule has 5 aromatic carbocycles. The van der Waals surface area contributed by atoms with E-state index in [2.05, 4.69) is 5.32 Å². The minimum Gasteiger partial charge on any atom is -0.374 e. The van der Waals surface area contributed by atoms with Gasteiger partial charge in [0.2, 0.25) is 6.36 Å². The summed E-state index contributed by atoms with van der Waals surface area (Å²) >= 11 is 18.1. The van der Waals surface area contributed by atoms with Crippen LogP contribution in [0.4, 0.5) is 4.39 Å². The minimum atomic E-state index is -2.44. The molecule has 338 valence electrons. The summed E-state index contributed by atoms with van der Waals surface area (Å²) in [6, 6.07) is 46.3. The van der Waals surface area contributed by atoms with Crippen LogP contribution in [0.2, 0.25) is 0 Å². The van der Waals surface area contributed by atoms with E-state index in [1.807, 2.05) is 152 Å². The van der Waals surface area contributed by atoms with Gasteiger partial charge in [-0.25, -0.2) is 4.39 Å². The molecule has 0 saturated carbocycles. The van der Waals surface area contributed by atoms with Crippen LogP contribution in [0.3, 0.4) is 0 Å². The normalized spacial score (nSPS) is 28.2. The van der Waals surface area contributed by atoms with Crippen molar-refractivity contribution >= 4 is 40.7 Å². The van der Waals surface area contributed by atoms with Crippen molar-refractivity contribution in [3.8, 4) is 0 Å². The second-order valence-corrected chi connectivity index (χ2v) is 17.9. The highest BCUT2D eigenvalue weighted by Gasteiger charge is 2.56. The van der Waals surface area contributed by atoms with Crippen molar-refractivity contribution in [3.05, 3.63) is 179 Å². The Morgan fingerprint density at radius 1 is 0.609 bits per heavy atom. The van der Waals surface area contributed by atoms with Crippen molar-refractivity contribution in [1.29, 1.82) is 0 Å². The first-order valence-corrected chi connectivity index (χ1v) is 22.2. The number of fused-ring (bicyclic) bond motifs is 1. The fraction of sp³-hybridized carbons (Fsp3) is 0.367. The fourth-order valence-electron chi connectivity index (χ4n) is 7.90. The summed E-state index contributed by atoms with van der Waals surface area (Å²) in [6.45, 7) is 0.477. The number of carbonyl (C=O) groups excluding carboxylic acids is 1. The zero-order valence-corrected chi connectivity index (χ0v) is 36.9. The Kier molecular flexibility index (Phi) is 16.3. The molecule has 3 heterocycles. The number of halogens is 4. The van der Waals surface area contributed by atoms with E-state index in [0.717, 1.165) is 27.8 Å². The molecule has 0 unspecified atom stereocenters. The molecule has 3 saturated heterocycles. The van der Waals surface area contributed by atoms with Crippen LogP contribution >= 0.6 is 34.8 Å². The van der Waals surface area contributed by atoms with E-state index in [-0.39, 0.29) is 39.6 Å². The maximum Gasteiger partial charge on any atom is 0.272 e. The maximum absolute atomic E-state index is 16.6. The molecule has 0 radical (unpaired) electrons. The first-order chi connectivity index (χ1) is 31.2. The zero-order valence-electron chi connectivity index (χ0n) is 34.6. The smallest absolute Gasteiger partial charge is 0.272 e. The molecule has 3 aliphatic heterocycles. The number of carbonyl (C=O) groups is 1. The lowest BCUT2D eigenvalue weighted by Crippen LogP contribution is -2.68. The standard InChI is InChI=1S/C49H49Cl3FNO10/c50-49(51,52)48(55)54-39-42(57-27-33-18-8-2-9-19-33)40(37(61-45(39)53)30-56-26-32-16-6-1-7-17-32)64-47-44(59-29-35-22-12-4-13-23-35)43(58-28-34-20-10-3-11-21-34)41-38(62-47)31-60-46(63-41)36-24-14-5-15-25-36/h1-25,37-47H,26-31H2,(H,54,55)/t37-,38-,39-,40-,41+,42-,43+,44-,45+,46+,47+/m1/s1. The number of ether oxygens (including phenoxy) is 9. The SMILES string of the molecule is O=C(N[C@@H]1[C@@H](OCc2ccccc2)[C@H](O[C@@H]2O[C@@H]3CO[C@H](c4ccccc4)O[C@@H]3[C@H](OCc3ccccc3)[C@H]2OCc2ccccc2)[C@@H](COCc2ccccc2)O[C@@H]1F)C(Cl)(Cl)Cl. The van der Waals surface area contributed by atoms with Crippen molar-refractivity contribution in [2.24, 2.45) is 0 Å². The van der Waals surface area contributed by atoms with Crippen molar-refractivity contribution < 1.29 is 51.8 Å². The molecule has 11 nitrogen and oxygen atoms in total. The van der Waals surface area contributed by atoms with Crippen LogP contribution in [0.25, 0.3) is 0 Å². The summed E-state index contributed by atoms with van der Waals surface area (Å²) < 4.78 is 73.4. The molecule has 0 aliphatic carbocycles. The maximum atomic E-state index is 16.6. The average molecular weight is 937 g/mol. The number of hydrogen-bond acceptors (Lipinski definition) is 10. The number of benzene rings is 5. The van der Waals surface area contributed by atoms with Gasteiger partial charge >= 0.3 is 0 Å². The van der Waals surface area contributed by atoms with Crippen LogP contribution < -0.4 is 5.32 Å². The van der Waals surface area contributed by atoms with E-state index in [9.17, 15) is 4.79 Å². The van der Waals surface area contributed by atoms with Crippen molar-refractivity contribution in [1.82, 2.24) is 5.32 Å². The van der Waals surface area contributed by atoms with Crippen molar-refractivity contribution in [3.63, 3.8) is 0 Å². The lowest BCUT2D eigenvalue weighted by Gasteiger charge is -2.51. The van der Waals surface area contributed by atoms with E-state index < -0.39 is 77.4 Å². The van der Waals surface area contributed by atoms with E-state index >= 15 is 4.39 Å². The van der Waals surface area contributed by atoms with E-state index in [4.69, 9.17) is 77.4 Å². The second-order valence-electron chi connectivity index (χ2n) is 15.6. The van der Waals surface area contributed by atoms with Gasteiger partial charge in [0.05, 0.1) is 39.6 Å². The summed E-state index contributed by atoms with van der Waals surface area (Å²) in [7, 11) is 0. The van der Waals surface area contributed by atoms with Gasteiger partial charge < -0.3 is 47.9 Å². The Bertz CT molecular complexity index is 2170. The third-order valence-electron chi connectivity index (χ3n) is 11.1. The molecule has 0 spiro atoms. The molecule has 64 heavy (non-hydrogen) atoms. The van der Waals surface area contributed by atoms with Crippen LogP contribution in [-0.4, -0.2) is 84.3 Å². The average Bonchev–Trinajstić information content (AvgIpc) is 3.32. The highest BCUT2D eigenvalue weighted by Crippen LogP contribution is 2.40. The van der Waals surface area contributed by atoms with Crippen LogP contribution in [0.1, 0.15) is 34.1 Å². The predicted molar refractivity (Wildman–Crippen MR) is 237 cm³/mol. The van der Waals surface area contributed by atoms with Gasteiger partial charge in [-0.1, -0.05) is 186 Å². The molecule has 0 aromatic heterocycles. The Morgan fingerprint density at radius 3 is 1.62 bits per heavy atom. The van der Waals surface area contributed by atoms with Gasteiger partial charge in [-0.3, -0.25) is 4.79 Å². The third-order valence-corrected chi connectivity index (χ3v) is 11.6. The summed E-state index contributed by atoms with van der Waals surface area (Å²) in [5.41, 5.74) is 4.28. The largest absolute Gasteiger partial charge is 0.374 e. The highest BCUT2D eigenvalue weighted by atomic mass is 35.6. The summed E-state index contributed by atoms with van der Waals surface area (Å²) in [5, 5.41) is 2.52. The number of alkyl halides is 4. The number of hydrogen-bond donors (Lipinski definition) is 1. The van der Waals surface area contributed by atoms with Crippen molar-refractivity contribution in [2.75, 3.05) is 13.2 Å². The zero-order chi connectivity index (χ0) is 44.3. The van der Waals surface area contributed by atoms with Gasteiger partial charge in [0, 0.05) is 5.56 Å². The molecular weight excluding hydrogens is 888 g/mol. The molecule has 0 bridgehead atoms. The lowest BCUT2D eigenvalue weighted by atomic mass is 9.94. The van der Waals surface area contributed by atoms with Gasteiger partial charge in [0.25, 0.3) is 9.70 Å². The molecule has 5 aromatic rings. The van der Waals surface area contributed by atoms with Crippen LogP contribution in [0.5, 0.6) is 0 Å². The fourth-order valence-corrected chi connectivity index (χ4v) is 8.06. The molecule has 11 atom stereocenters. The minimum absolute atomic E-state index is 0.00859. The molecule has 8 rings (SSSR count). The van der Waals surface area contributed by atoms with Gasteiger partial charge in [-0.05, 0) is 22.3 Å². The summed E-state index contributed by atoms with van der Waals surface area (Å²) in [6.07, 6.45) is -10.9. The number of amides is 1. The third kappa shape index (κ3) is 12.3. The Balaban J connectivity index is 1.16. The molecule has 1 N–H and O–H groups in total. The predicted octanol–water partition coefficient (Wildman–Crippen LogP) is 8.73. The molecule has 3 fully saturated rings. The van der Waals surface area contributed by atoms with E-state index in [1.54, 1.807) is 0 Å². The molecule has 1 amide bonds. The molecule has 15 heteroatoms. The van der Waals surface area contributed by atoms with Gasteiger partial charge in [0.1, 0.15) is 48.8 Å². The first kappa shape index (κ1) is 46.5. The number of nitrogens with one attached hydrogen (secondary N) is 1. The topological polar surface area (TPSA) is 112 Å². The Labute approximate surface area is 386 Å². The van der Waals surface area contributed by atoms with Gasteiger partial charge in [-0.15, -0.1) is 0 Å². The van der Waals surface area contributed by atoms with Crippen LogP contribution in [0, 0.1) is 0 Å². The lowest BCUT2D eigenvalue weighted by molar-refractivity contribution is -0.389. The second kappa shape index (κ2) is 22.5. The summed E-state index contributed by atoms with van der Waals surface area (Å²) in [5.74, 6) is -1.08. The monoisotopic (exact) mass is 935 g/mol. The highest BCUT2D eigenvalue weighted by molar-refractivity contribution is 6.76. The Morgan fingerprint density at radius 2 is 1.09 bits per heavy atom. The van der Waals surface area contributed by atoms with E-state index in [0.29, 0.717) is 0 Å². The van der Waals surface area contributed by atoms with E-state index in [1.165, 1.54) is 0 Å². The first-order valence-electron chi connectivity index (χ1n) is 21.1. The van der Waals surface area contributed by atoms with Crippen LogP contribution in [-0.2, 0) is 73.9 Å². The molecule has 3 aliphatic rings.